The maximum Gasteiger partial charge on any atom is 0.0174 e. The van der Waals surface area contributed by atoms with Crippen molar-refractivity contribution in [3.05, 3.63) is 35.9 Å². The maximum atomic E-state index is 3.78. The summed E-state index contributed by atoms with van der Waals surface area (Å²) in [6, 6.07) is 10.9. The van der Waals surface area contributed by atoms with Crippen LogP contribution in [-0.2, 0) is 6.42 Å². The molecular formula is C15H21Br. The zero-order valence-corrected chi connectivity index (χ0v) is 11.6. The van der Waals surface area contributed by atoms with Crippen LogP contribution >= 0.6 is 15.9 Å². The van der Waals surface area contributed by atoms with Gasteiger partial charge < -0.3 is 0 Å². The molecule has 0 radical (unpaired) electrons. The highest BCUT2D eigenvalue weighted by molar-refractivity contribution is 9.09. The van der Waals surface area contributed by atoms with Crippen molar-refractivity contribution in [2.24, 2.45) is 11.8 Å². The number of alkyl halides is 1. The predicted molar refractivity (Wildman–Crippen MR) is 74.0 cm³/mol. The fourth-order valence-electron chi connectivity index (χ4n) is 2.81. The topological polar surface area (TPSA) is 0 Å². The lowest BCUT2D eigenvalue weighted by Crippen LogP contribution is -2.10. The maximum absolute atomic E-state index is 3.78. The zero-order valence-electron chi connectivity index (χ0n) is 10.0. The number of halogens is 1. The molecular weight excluding hydrogens is 260 g/mol. The van der Waals surface area contributed by atoms with E-state index in [1.54, 1.807) is 0 Å². The van der Waals surface area contributed by atoms with Crippen molar-refractivity contribution in [2.75, 3.05) is 0 Å². The molecule has 0 N–H and O–H groups in total. The second kappa shape index (κ2) is 5.86. The van der Waals surface area contributed by atoms with Crippen LogP contribution in [0, 0.1) is 11.8 Å². The van der Waals surface area contributed by atoms with Crippen LogP contribution in [0.5, 0.6) is 0 Å². The Hall–Kier alpha value is -0.300. The lowest BCUT2D eigenvalue weighted by molar-refractivity contribution is 0.387. The average Bonchev–Trinajstić information content (AvgIpc) is 2.62. The van der Waals surface area contributed by atoms with Crippen LogP contribution < -0.4 is 0 Å². The number of benzene rings is 1. The summed E-state index contributed by atoms with van der Waals surface area (Å²) in [4.78, 5) is 0.772. The second-order valence-electron chi connectivity index (χ2n) is 5.09. The molecule has 1 aromatic carbocycles. The SMILES string of the molecule is CC1C(Br)CCC1CCCc1ccccc1. The van der Waals surface area contributed by atoms with Gasteiger partial charge in [0, 0.05) is 4.83 Å². The van der Waals surface area contributed by atoms with Crippen LogP contribution in [0.3, 0.4) is 0 Å². The monoisotopic (exact) mass is 280 g/mol. The Labute approximate surface area is 108 Å². The Morgan fingerprint density at radius 3 is 2.56 bits per heavy atom. The fourth-order valence-corrected chi connectivity index (χ4v) is 3.51. The molecule has 1 saturated carbocycles. The Morgan fingerprint density at radius 2 is 1.94 bits per heavy atom. The molecule has 0 spiro atoms. The molecule has 1 aliphatic rings. The van der Waals surface area contributed by atoms with E-state index in [4.69, 9.17) is 0 Å². The minimum atomic E-state index is 0.772. The van der Waals surface area contributed by atoms with E-state index in [9.17, 15) is 0 Å². The van der Waals surface area contributed by atoms with Crippen molar-refractivity contribution in [1.29, 1.82) is 0 Å². The van der Waals surface area contributed by atoms with Crippen LogP contribution in [-0.4, -0.2) is 4.83 Å². The van der Waals surface area contributed by atoms with Crippen LogP contribution in [0.25, 0.3) is 0 Å². The van der Waals surface area contributed by atoms with E-state index in [1.165, 1.54) is 37.7 Å². The van der Waals surface area contributed by atoms with Crippen molar-refractivity contribution in [2.45, 2.75) is 43.9 Å². The molecule has 0 saturated heterocycles. The van der Waals surface area contributed by atoms with Gasteiger partial charge in [-0.1, -0.05) is 53.2 Å². The average molecular weight is 281 g/mol. The molecule has 1 aromatic rings. The first kappa shape index (κ1) is 12.2. The first-order valence-corrected chi connectivity index (χ1v) is 7.37. The molecule has 0 aromatic heterocycles. The smallest absolute Gasteiger partial charge is 0.0174 e. The molecule has 88 valence electrons. The molecule has 3 unspecified atom stereocenters. The van der Waals surface area contributed by atoms with Crippen molar-refractivity contribution in [3.63, 3.8) is 0 Å². The van der Waals surface area contributed by atoms with E-state index in [0.717, 1.165) is 16.7 Å². The van der Waals surface area contributed by atoms with Gasteiger partial charge in [0.15, 0.2) is 0 Å². The third-order valence-electron chi connectivity index (χ3n) is 4.01. The van der Waals surface area contributed by atoms with E-state index in [2.05, 4.69) is 53.2 Å². The van der Waals surface area contributed by atoms with Crippen LogP contribution in [0.2, 0.25) is 0 Å². The van der Waals surface area contributed by atoms with Crippen LogP contribution in [0.4, 0.5) is 0 Å². The van der Waals surface area contributed by atoms with Gasteiger partial charge in [-0.25, -0.2) is 0 Å². The Morgan fingerprint density at radius 1 is 1.19 bits per heavy atom. The van der Waals surface area contributed by atoms with Crippen molar-refractivity contribution in [3.8, 4) is 0 Å². The summed E-state index contributed by atoms with van der Waals surface area (Å²) in [6.07, 6.45) is 6.79. The van der Waals surface area contributed by atoms with Gasteiger partial charge in [0.05, 0.1) is 0 Å². The Kier molecular flexibility index (Phi) is 4.45. The molecule has 2 rings (SSSR count). The quantitative estimate of drug-likeness (QED) is 0.694. The highest BCUT2D eigenvalue weighted by Crippen LogP contribution is 2.39. The highest BCUT2D eigenvalue weighted by atomic mass is 79.9. The largest absolute Gasteiger partial charge is 0.0888 e. The minimum absolute atomic E-state index is 0.772. The number of aryl methyl sites for hydroxylation is 1. The van der Waals surface area contributed by atoms with E-state index < -0.39 is 0 Å². The summed E-state index contributed by atoms with van der Waals surface area (Å²) in [7, 11) is 0. The minimum Gasteiger partial charge on any atom is -0.0888 e. The van der Waals surface area contributed by atoms with E-state index in [0.29, 0.717) is 0 Å². The molecule has 16 heavy (non-hydrogen) atoms. The van der Waals surface area contributed by atoms with Gasteiger partial charge in [-0.3, -0.25) is 0 Å². The van der Waals surface area contributed by atoms with Crippen molar-refractivity contribution >= 4 is 15.9 Å². The van der Waals surface area contributed by atoms with Gasteiger partial charge in [-0.05, 0) is 49.5 Å². The highest BCUT2D eigenvalue weighted by Gasteiger charge is 2.30. The number of rotatable bonds is 4. The van der Waals surface area contributed by atoms with E-state index in [1.807, 2.05) is 0 Å². The Bertz CT molecular complexity index is 306. The molecule has 1 aliphatic carbocycles. The van der Waals surface area contributed by atoms with E-state index in [-0.39, 0.29) is 0 Å². The van der Waals surface area contributed by atoms with Gasteiger partial charge in [-0.15, -0.1) is 0 Å². The van der Waals surface area contributed by atoms with Crippen LogP contribution in [0.15, 0.2) is 30.3 Å². The zero-order chi connectivity index (χ0) is 11.4. The Balaban J connectivity index is 1.73. The fraction of sp³-hybridized carbons (Fsp3) is 0.600. The molecule has 1 fully saturated rings. The normalized spacial score (nSPS) is 29.5. The first-order chi connectivity index (χ1) is 7.77. The summed E-state index contributed by atoms with van der Waals surface area (Å²) >= 11 is 3.78. The van der Waals surface area contributed by atoms with Gasteiger partial charge in [0.1, 0.15) is 0 Å². The summed E-state index contributed by atoms with van der Waals surface area (Å²) < 4.78 is 0. The van der Waals surface area contributed by atoms with Gasteiger partial charge >= 0.3 is 0 Å². The third-order valence-corrected chi connectivity index (χ3v) is 5.30. The standard InChI is InChI=1S/C15H21Br/c1-12-14(10-11-15(12)16)9-5-8-13-6-3-2-4-7-13/h2-4,6-7,12,14-15H,5,8-11H2,1H3. The number of hydrogen-bond donors (Lipinski definition) is 0. The summed E-state index contributed by atoms with van der Waals surface area (Å²) in [5.74, 6) is 1.82. The number of hydrogen-bond acceptors (Lipinski definition) is 0. The summed E-state index contributed by atoms with van der Waals surface area (Å²) in [5.41, 5.74) is 1.49. The molecule has 1 heteroatoms. The molecule has 0 nitrogen and oxygen atoms in total. The second-order valence-corrected chi connectivity index (χ2v) is 6.27. The molecule has 0 bridgehead atoms. The first-order valence-electron chi connectivity index (χ1n) is 6.45. The lowest BCUT2D eigenvalue weighted by atomic mass is 9.91. The molecule has 0 heterocycles. The van der Waals surface area contributed by atoms with Crippen molar-refractivity contribution in [1.82, 2.24) is 0 Å². The van der Waals surface area contributed by atoms with Gasteiger partial charge in [0.25, 0.3) is 0 Å². The third kappa shape index (κ3) is 3.10. The van der Waals surface area contributed by atoms with Crippen molar-refractivity contribution < 1.29 is 0 Å². The molecule has 0 amide bonds. The summed E-state index contributed by atoms with van der Waals surface area (Å²) in [6.45, 7) is 2.40. The predicted octanol–water partition coefficient (Wildman–Crippen LogP) is 4.82. The lowest BCUT2D eigenvalue weighted by Gasteiger charge is -2.16. The molecule has 3 atom stereocenters. The van der Waals surface area contributed by atoms with E-state index >= 15 is 0 Å². The summed E-state index contributed by atoms with van der Waals surface area (Å²) in [5, 5.41) is 0. The molecule has 0 aliphatic heterocycles. The van der Waals surface area contributed by atoms with Gasteiger partial charge in [0.2, 0.25) is 0 Å². The van der Waals surface area contributed by atoms with Gasteiger partial charge in [-0.2, -0.15) is 0 Å². The van der Waals surface area contributed by atoms with Crippen LogP contribution in [0.1, 0.15) is 38.2 Å².